The summed E-state index contributed by atoms with van der Waals surface area (Å²) in [4.78, 5) is 22.6. The highest BCUT2D eigenvalue weighted by atomic mass is 35.5. The van der Waals surface area contributed by atoms with Gasteiger partial charge in [0.15, 0.2) is 5.16 Å². The number of ether oxygens (including phenoxy) is 1. The first kappa shape index (κ1) is 20.0. The molecule has 0 radical (unpaired) electrons. The Morgan fingerprint density at radius 1 is 1.35 bits per heavy atom. The molecule has 1 N–H and O–H groups in total. The van der Waals surface area contributed by atoms with Crippen molar-refractivity contribution in [2.45, 2.75) is 31.8 Å². The lowest BCUT2D eigenvalue weighted by Gasteiger charge is -2.22. The van der Waals surface area contributed by atoms with Gasteiger partial charge in [0.05, 0.1) is 12.4 Å². The zero-order valence-electron chi connectivity index (χ0n) is 14.0. The number of carbonyl (C=O) groups excluding carboxylic acids is 1. The highest BCUT2D eigenvalue weighted by Gasteiger charge is 2.11. The fourth-order valence-corrected chi connectivity index (χ4v) is 2.88. The molecule has 130 valence electrons. The molecule has 0 atom stereocenters. The lowest BCUT2D eigenvalue weighted by Crippen LogP contribution is -2.28. The Hall–Kier alpha value is -1.05. The second kappa shape index (κ2) is 11.5. The first-order chi connectivity index (χ1) is 11.1. The Morgan fingerprint density at radius 3 is 2.65 bits per heavy atom. The molecule has 23 heavy (non-hydrogen) atoms. The summed E-state index contributed by atoms with van der Waals surface area (Å²) in [6.45, 7) is 7.10. The quantitative estimate of drug-likeness (QED) is 0.283. The van der Waals surface area contributed by atoms with Gasteiger partial charge in [-0.2, -0.15) is 0 Å². The number of thioether (sulfide) groups is 1. The third-order valence-electron chi connectivity index (χ3n) is 2.93. The van der Waals surface area contributed by atoms with Crippen molar-refractivity contribution in [3.05, 3.63) is 11.2 Å². The van der Waals surface area contributed by atoms with E-state index >= 15 is 0 Å². The Bertz CT molecular complexity index is 485. The summed E-state index contributed by atoms with van der Waals surface area (Å²) in [5.74, 6) is 0.998. The van der Waals surface area contributed by atoms with E-state index in [1.807, 2.05) is 0 Å². The van der Waals surface area contributed by atoms with Gasteiger partial charge in [-0.05, 0) is 12.8 Å². The summed E-state index contributed by atoms with van der Waals surface area (Å²) >= 11 is 7.39. The first-order valence-electron chi connectivity index (χ1n) is 7.78. The number of aromatic nitrogens is 2. The van der Waals surface area contributed by atoms with Crippen LogP contribution in [0.4, 0.5) is 5.82 Å². The molecular formula is C15H25ClN4O2S. The molecule has 0 saturated heterocycles. The van der Waals surface area contributed by atoms with E-state index in [0.717, 1.165) is 31.7 Å². The lowest BCUT2D eigenvalue weighted by molar-refractivity contribution is -0.118. The number of carbonyl (C=O) groups is 1. The van der Waals surface area contributed by atoms with Crippen molar-refractivity contribution in [3.8, 4) is 0 Å². The van der Waals surface area contributed by atoms with E-state index < -0.39 is 0 Å². The van der Waals surface area contributed by atoms with Crippen LogP contribution in [-0.4, -0.2) is 55.0 Å². The summed E-state index contributed by atoms with van der Waals surface area (Å²) in [6.07, 6.45) is 2.07. The van der Waals surface area contributed by atoms with Crippen molar-refractivity contribution in [3.63, 3.8) is 0 Å². The van der Waals surface area contributed by atoms with Gasteiger partial charge in [-0.1, -0.05) is 37.2 Å². The topological polar surface area (TPSA) is 67.4 Å². The maximum Gasteiger partial charge on any atom is 0.230 e. The molecule has 0 unspecified atom stereocenters. The van der Waals surface area contributed by atoms with Crippen molar-refractivity contribution in [1.29, 1.82) is 0 Å². The van der Waals surface area contributed by atoms with Gasteiger partial charge in [-0.3, -0.25) is 4.79 Å². The van der Waals surface area contributed by atoms with Gasteiger partial charge in [0, 0.05) is 32.8 Å². The van der Waals surface area contributed by atoms with Crippen molar-refractivity contribution in [2.75, 3.05) is 44.0 Å². The van der Waals surface area contributed by atoms with Gasteiger partial charge in [0.1, 0.15) is 11.0 Å². The normalized spacial score (nSPS) is 10.6. The van der Waals surface area contributed by atoms with E-state index in [2.05, 4.69) is 34.0 Å². The number of hydrogen-bond donors (Lipinski definition) is 1. The van der Waals surface area contributed by atoms with Gasteiger partial charge in [-0.25, -0.2) is 9.97 Å². The summed E-state index contributed by atoms with van der Waals surface area (Å²) in [6, 6.07) is 1.77. The maximum atomic E-state index is 11.7. The van der Waals surface area contributed by atoms with Crippen LogP contribution in [0.5, 0.6) is 0 Å². The van der Waals surface area contributed by atoms with Crippen LogP contribution in [0, 0.1) is 0 Å². The van der Waals surface area contributed by atoms with Gasteiger partial charge < -0.3 is 15.0 Å². The van der Waals surface area contributed by atoms with Gasteiger partial charge >= 0.3 is 0 Å². The largest absolute Gasteiger partial charge is 0.383 e. The Balaban J connectivity index is 2.67. The number of rotatable bonds is 11. The Kier molecular flexibility index (Phi) is 9.98. The molecule has 0 spiro atoms. The van der Waals surface area contributed by atoms with Gasteiger partial charge in [-0.15, -0.1) is 0 Å². The molecule has 0 aliphatic carbocycles. The third-order valence-corrected chi connectivity index (χ3v) is 3.97. The molecular weight excluding hydrogens is 336 g/mol. The smallest absolute Gasteiger partial charge is 0.230 e. The van der Waals surface area contributed by atoms with E-state index in [9.17, 15) is 4.79 Å². The number of halogens is 1. The molecule has 0 fully saturated rings. The number of nitrogens with zero attached hydrogens (tertiary/aromatic N) is 3. The van der Waals surface area contributed by atoms with Crippen molar-refractivity contribution < 1.29 is 9.53 Å². The van der Waals surface area contributed by atoms with Crippen molar-refractivity contribution in [1.82, 2.24) is 15.3 Å². The highest BCUT2D eigenvalue weighted by molar-refractivity contribution is 7.99. The second-order valence-corrected chi connectivity index (χ2v) is 6.28. The van der Waals surface area contributed by atoms with E-state index in [1.54, 1.807) is 13.2 Å². The van der Waals surface area contributed by atoms with Crippen LogP contribution >= 0.6 is 23.4 Å². The molecule has 1 aromatic rings. The molecule has 0 aromatic carbocycles. The molecule has 1 rings (SSSR count). The number of methoxy groups -OCH3 is 1. The van der Waals surface area contributed by atoms with Crippen molar-refractivity contribution >= 4 is 35.1 Å². The minimum Gasteiger partial charge on any atom is -0.383 e. The average Bonchev–Trinajstić information content (AvgIpc) is 2.52. The average molecular weight is 361 g/mol. The van der Waals surface area contributed by atoms with Crippen LogP contribution in [0.3, 0.4) is 0 Å². The number of nitrogens with one attached hydrogen (secondary N) is 1. The van der Waals surface area contributed by atoms with Crippen LogP contribution in [0.15, 0.2) is 11.2 Å². The molecule has 0 aliphatic heterocycles. The van der Waals surface area contributed by atoms with Crippen LogP contribution in [-0.2, 0) is 9.53 Å². The number of anilines is 1. The lowest BCUT2D eigenvalue weighted by atomic mass is 10.3. The van der Waals surface area contributed by atoms with Crippen LogP contribution < -0.4 is 10.2 Å². The van der Waals surface area contributed by atoms with Gasteiger partial charge in [0.25, 0.3) is 0 Å². The number of amides is 1. The molecule has 8 heteroatoms. The standard InChI is InChI=1S/C15H25ClN4O2S/c1-4-7-20(8-5-2)13-10-12(16)18-15(19-13)23-11-14(21)17-6-9-22-3/h10H,4-9,11H2,1-3H3,(H,17,21). The predicted octanol–water partition coefficient (Wildman–Crippen LogP) is 2.61. The van der Waals surface area contributed by atoms with E-state index in [4.69, 9.17) is 16.3 Å². The van der Waals surface area contributed by atoms with Crippen LogP contribution in [0.2, 0.25) is 5.15 Å². The molecule has 0 saturated carbocycles. The highest BCUT2D eigenvalue weighted by Crippen LogP contribution is 2.22. The SMILES string of the molecule is CCCN(CCC)c1cc(Cl)nc(SCC(=O)NCCOC)n1. The zero-order chi connectivity index (χ0) is 17.1. The fourth-order valence-electron chi connectivity index (χ4n) is 1.97. The third kappa shape index (κ3) is 7.85. The maximum absolute atomic E-state index is 11.7. The monoisotopic (exact) mass is 360 g/mol. The first-order valence-corrected chi connectivity index (χ1v) is 9.15. The van der Waals surface area contributed by atoms with Crippen LogP contribution in [0.25, 0.3) is 0 Å². The van der Waals surface area contributed by atoms with E-state index in [-0.39, 0.29) is 11.7 Å². The summed E-state index contributed by atoms with van der Waals surface area (Å²) < 4.78 is 4.89. The minimum atomic E-state index is -0.0730. The molecule has 6 nitrogen and oxygen atoms in total. The molecule has 0 bridgehead atoms. The summed E-state index contributed by atoms with van der Waals surface area (Å²) in [5.41, 5.74) is 0. The minimum absolute atomic E-state index is 0.0730. The number of hydrogen-bond acceptors (Lipinski definition) is 6. The molecule has 1 amide bonds. The molecule has 0 aliphatic rings. The summed E-state index contributed by atoms with van der Waals surface area (Å²) in [5, 5.41) is 3.68. The predicted molar refractivity (Wildman–Crippen MR) is 95.4 cm³/mol. The van der Waals surface area contributed by atoms with Gasteiger partial charge in [0.2, 0.25) is 5.91 Å². The van der Waals surface area contributed by atoms with Crippen molar-refractivity contribution in [2.24, 2.45) is 0 Å². The fraction of sp³-hybridized carbons (Fsp3) is 0.667. The Morgan fingerprint density at radius 2 is 2.04 bits per heavy atom. The second-order valence-electron chi connectivity index (χ2n) is 4.95. The van der Waals surface area contributed by atoms with E-state index in [0.29, 0.717) is 23.5 Å². The zero-order valence-corrected chi connectivity index (χ0v) is 15.5. The van der Waals surface area contributed by atoms with E-state index in [1.165, 1.54) is 11.8 Å². The molecule has 1 aromatic heterocycles. The molecule has 1 heterocycles. The summed E-state index contributed by atoms with van der Waals surface area (Å²) in [7, 11) is 1.60. The van der Waals surface area contributed by atoms with Crippen LogP contribution in [0.1, 0.15) is 26.7 Å². The Labute approximate surface area is 147 Å².